The Hall–Kier alpha value is -3.16. The summed E-state index contributed by atoms with van der Waals surface area (Å²) >= 11 is 5.87. The SMILES string of the molecule is COc1ccc(CN(Cn2nc(-c3ccco3)n(-c3ccccc3)c2=S)C2CC2)cc1. The number of ether oxygens (including phenoxy) is 1. The summed E-state index contributed by atoms with van der Waals surface area (Å²) in [5.74, 6) is 2.27. The number of aromatic nitrogens is 3. The molecule has 0 amide bonds. The lowest BCUT2D eigenvalue weighted by Crippen LogP contribution is -2.29. The van der Waals surface area contributed by atoms with Crippen LogP contribution in [0.4, 0.5) is 0 Å². The Bertz CT molecular complexity index is 1190. The Kier molecular flexibility index (Phi) is 5.44. The van der Waals surface area contributed by atoms with Gasteiger partial charge in [0.1, 0.15) is 5.75 Å². The highest BCUT2D eigenvalue weighted by molar-refractivity contribution is 7.71. The summed E-state index contributed by atoms with van der Waals surface area (Å²) < 4.78 is 15.5. The van der Waals surface area contributed by atoms with Crippen molar-refractivity contribution >= 4 is 12.2 Å². The van der Waals surface area contributed by atoms with Crippen LogP contribution < -0.4 is 4.74 Å². The Morgan fingerprint density at radius 2 is 1.84 bits per heavy atom. The van der Waals surface area contributed by atoms with Crippen LogP contribution in [-0.4, -0.2) is 32.4 Å². The van der Waals surface area contributed by atoms with E-state index in [4.69, 9.17) is 26.5 Å². The highest BCUT2D eigenvalue weighted by Crippen LogP contribution is 2.30. The second-order valence-electron chi connectivity index (χ2n) is 7.72. The summed E-state index contributed by atoms with van der Waals surface area (Å²) in [5.41, 5.74) is 2.21. The number of methoxy groups -OCH3 is 1. The first kappa shape index (κ1) is 19.8. The minimum atomic E-state index is 0.554. The molecule has 7 heteroatoms. The lowest BCUT2D eigenvalue weighted by molar-refractivity contribution is 0.186. The van der Waals surface area contributed by atoms with Crippen LogP contribution in [0.25, 0.3) is 17.3 Å². The molecule has 0 unspecified atom stereocenters. The molecule has 4 aromatic rings. The molecule has 0 radical (unpaired) electrons. The van der Waals surface area contributed by atoms with Gasteiger partial charge in [-0.2, -0.15) is 0 Å². The fraction of sp³-hybridized carbons (Fsp3) is 0.250. The first-order valence-electron chi connectivity index (χ1n) is 10.4. The van der Waals surface area contributed by atoms with E-state index < -0.39 is 0 Å². The van der Waals surface area contributed by atoms with E-state index in [1.165, 1.54) is 18.4 Å². The van der Waals surface area contributed by atoms with Crippen LogP contribution in [0.15, 0.2) is 77.4 Å². The lowest BCUT2D eigenvalue weighted by atomic mass is 10.2. The van der Waals surface area contributed by atoms with E-state index in [2.05, 4.69) is 17.0 Å². The fourth-order valence-corrected chi connectivity index (χ4v) is 4.04. The van der Waals surface area contributed by atoms with Crippen LogP contribution in [0.3, 0.4) is 0 Å². The van der Waals surface area contributed by atoms with E-state index in [0.717, 1.165) is 18.0 Å². The number of hydrogen-bond acceptors (Lipinski definition) is 5. The molecule has 0 spiro atoms. The number of furan rings is 1. The van der Waals surface area contributed by atoms with Gasteiger partial charge in [0.2, 0.25) is 10.6 Å². The smallest absolute Gasteiger partial charge is 0.204 e. The van der Waals surface area contributed by atoms with Crippen LogP contribution in [0.5, 0.6) is 5.75 Å². The lowest BCUT2D eigenvalue weighted by Gasteiger charge is -2.22. The van der Waals surface area contributed by atoms with E-state index >= 15 is 0 Å². The van der Waals surface area contributed by atoms with E-state index in [1.54, 1.807) is 13.4 Å². The summed E-state index contributed by atoms with van der Waals surface area (Å²) in [6.07, 6.45) is 4.06. The quantitative estimate of drug-likeness (QED) is 0.354. The van der Waals surface area contributed by atoms with Crippen molar-refractivity contribution in [1.29, 1.82) is 0 Å². The van der Waals surface area contributed by atoms with Gasteiger partial charge in [-0.3, -0.25) is 9.47 Å². The average Bonchev–Trinajstić information content (AvgIpc) is 3.41. The van der Waals surface area contributed by atoms with Gasteiger partial charge in [-0.1, -0.05) is 30.3 Å². The second kappa shape index (κ2) is 8.53. The fourth-order valence-electron chi connectivity index (χ4n) is 3.75. The van der Waals surface area contributed by atoms with Gasteiger partial charge in [0.25, 0.3) is 0 Å². The standard InChI is InChI=1S/C24H24N4O2S/c1-29-21-13-9-18(10-14-21)16-26(19-11-12-19)17-27-24(31)28(20-6-3-2-4-7-20)23(25-27)22-8-5-15-30-22/h2-10,13-15,19H,11-12,16-17H2,1H3. The van der Waals surface area contributed by atoms with Gasteiger partial charge >= 0.3 is 0 Å². The van der Waals surface area contributed by atoms with Gasteiger partial charge in [-0.15, -0.1) is 5.10 Å². The molecule has 6 nitrogen and oxygen atoms in total. The van der Waals surface area contributed by atoms with Gasteiger partial charge in [-0.25, -0.2) is 4.68 Å². The zero-order valence-corrected chi connectivity index (χ0v) is 18.2. The highest BCUT2D eigenvalue weighted by atomic mass is 32.1. The molecule has 1 aliphatic carbocycles. The second-order valence-corrected chi connectivity index (χ2v) is 8.09. The van der Waals surface area contributed by atoms with Gasteiger partial charge in [-0.05, 0) is 67.0 Å². The number of para-hydroxylation sites is 1. The van der Waals surface area contributed by atoms with Gasteiger partial charge in [0, 0.05) is 12.6 Å². The first-order chi connectivity index (χ1) is 15.2. The Labute approximate surface area is 186 Å². The molecule has 31 heavy (non-hydrogen) atoms. The molecular weight excluding hydrogens is 408 g/mol. The van der Waals surface area contributed by atoms with E-state index in [0.29, 0.717) is 29.1 Å². The number of benzene rings is 2. The molecule has 0 bridgehead atoms. The van der Waals surface area contributed by atoms with E-state index in [1.807, 2.05) is 63.8 Å². The zero-order chi connectivity index (χ0) is 21.2. The Balaban J connectivity index is 1.48. The van der Waals surface area contributed by atoms with Gasteiger partial charge in [0.05, 0.1) is 25.7 Å². The number of nitrogens with zero attached hydrogens (tertiary/aromatic N) is 4. The Morgan fingerprint density at radius 3 is 2.48 bits per heavy atom. The highest BCUT2D eigenvalue weighted by Gasteiger charge is 2.30. The van der Waals surface area contributed by atoms with E-state index in [-0.39, 0.29) is 0 Å². The minimum Gasteiger partial charge on any atom is -0.497 e. The van der Waals surface area contributed by atoms with Gasteiger partial charge < -0.3 is 9.15 Å². The third-order valence-corrected chi connectivity index (χ3v) is 5.91. The summed E-state index contributed by atoms with van der Waals surface area (Å²) in [5, 5.41) is 4.87. The van der Waals surface area contributed by atoms with E-state index in [9.17, 15) is 0 Å². The van der Waals surface area contributed by atoms with Crippen molar-refractivity contribution in [3.05, 3.63) is 83.3 Å². The van der Waals surface area contributed by atoms with Crippen LogP contribution in [0.1, 0.15) is 18.4 Å². The van der Waals surface area contributed by atoms with Crippen molar-refractivity contribution in [2.75, 3.05) is 7.11 Å². The van der Waals surface area contributed by atoms with Crippen molar-refractivity contribution in [1.82, 2.24) is 19.2 Å². The number of hydrogen-bond donors (Lipinski definition) is 0. The van der Waals surface area contributed by atoms with Crippen LogP contribution >= 0.6 is 12.2 Å². The predicted octanol–water partition coefficient (Wildman–Crippen LogP) is 5.29. The molecule has 2 aromatic heterocycles. The molecule has 158 valence electrons. The third-order valence-electron chi connectivity index (χ3n) is 5.52. The third kappa shape index (κ3) is 4.19. The molecule has 0 N–H and O–H groups in total. The van der Waals surface area contributed by atoms with Crippen molar-refractivity contribution in [2.45, 2.75) is 32.1 Å². The van der Waals surface area contributed by atoms with Crippen molar-refractivity contribution in [3.8, 4) is 23.0 Å². The summed E-state index contributed by atoms with van der Waals surface area (Å²) in [4.78, 5) is 2.44. The largest absolute Gasteiger partial charge is 0.497 e. The van der Waals surface area contributed by atoms with Crippen LogP contribution in [0.2, 0.25) is 0 Å². The molecule has 2 aromatic carbocycles. The maximum Gasteiger partial charge on any atom is 0.204 e. The van der Waals surface area contributed by atoms with Gasteiger partial charge in [0.15, 0.2) is 5.76 Å². The van der Waals surface area contributed by atoms with Crippen molar-refractivity contribution in [3.63, 3.8) is 0 Å². The molecule has 1 fully saturated rings. The van der Waals surface area contributed by atoms with Crippen LogP contribution in [-0.2, 0) is 13.2 Å². The zero-order valence-electron chi connectivity index (χ0n) is 17.3. The number of rotatable bonds is 8. The minimum absolute atomic E-state index is 0.554. The van der Waals surface area contributed by atoms with Crippen molar-refractivity contribution < 1.29 is 9.15 Å². The topological polar surface area (TPSA) is 48.4 Å². The maximum atomic E-state index is 5.87. The monoisotopic (exact) mass is 432 g/mol. The molecule has 1 saturated carbocycles. The van der Waals surface area contributed by atoms with Crippen LogP contribution in [0, 0.1) is 4.77 Å². The molecule has 5 rings (SSSR count). The molecule has 2 heterocycles. The molecule has 1 aliphatic rings. The Morgan fingerprint density at radius 1 is 1.06 bits per heavy atom. The molecular formula is C24H24N4O2S. The molecule has 0 saturated heterocycles. The van der Waals surface area contributed by atoms with Crippen molar-refractivity contribution in [2.24, 2.45) is 0 Å². The maximum absolute atomic E-state index is 5.87. The summed E-state index contributed by atoms with van der Waals surface area (Å²) in [6.45, 7) is 1.47. The predicted molar refractivity (Wildman–Crippen MR) is 122 cm³/mol. The summed E-state index contributed by atoms with van der Waals surface area (Å²) in [7, 11) is 1.69. The summed E-state index contributed by atoms with van der Waals surface area (Å²) in [6, 6.07) is 22.6. The normalized spacial score (nSPS) is 13.6. The molecule has 0 atom stereocenters. The first-order valence-corrected chi connectivity index (χ1v) is 10.8. The average molecular weight is 433 g/mol. The molecule has 0 aliphatic heterocycles.